The van der Waals surface area contributed by atoms with Crippen LogP contribution in [0.4, 0.5) is 4.79 Å². The fourth-order valence-electron chi connectivity index (χ4n) is 3.04. The van der Waals surface area contributed by atoms with Crippen LogP contribution in [0.3, 0.4) is 0 Å². The highest BCUT2D eigenvalue weighted by Crippen LogP contribution is 2.19. The summed E-state index contributed by atoms with van der Waals surface area (Å²) >= 11 is 0. The van der Waals surface area contributed by atoms with Crippen LogP contribution in [0.25, 0.3) is 0 Å². The fourth-order valence-corrected chi connectivity index (χ4v) is 3.04. The van der Waals surface area contributed by atoms with Gasteiger partial charge in [0.25, 0.3) is 0 Å². The molecule has 1 aliphatic heterocycles. The van der Waals surface area contributed by atoms with Crippen molar-refractivity contribution in [1.29, 1.82) is 0 Å². The number of ether oxygens (including phenoxy) is 1. The lowest BCUT2D eigenvalue weighted by molar-refractivity contribution is 0.0663. The van der Waals surface area contributed by atoms with E-state index in [1.165, 1.54) is 5.56 Å². The average molecular weight is 304 g/mol. The second kappa shape index (κ2) is 8.79. The van der Waals surface area contributed by atoms with Crippen LogP contribution in [-0.2, 0) is 11.3 Å². The second-order valence-corrected chi connectivity index (χ2v) is 5.89. The standard InChI is InChI=1S/C18H28N2O2/c1-3-14-22-18(21)20(4-2)17-10-12-19(13-11-17)15-16-8-6-5-7-9-16/h5-9,17H,3-4,10-15H2,1-2H3. The number of amides is 1. The molecule has 4 heteroatoms. The van der Waals surface area contributed by atoms with Crippen LogP contribution < -0.4 is 0 Å². The molecule has 1 heterocycles. The van der Waals surface area contributed by atoms with Gasteiger partial charge in [-0.1, -0.05) is 37.3 Å². The van der Waals surface area contributed by atoms with E-state index < -0.39 is 0 Å². The molecule has 0 aromatic heterocycles. The molecule has 1 amide bonds. The molecule has 0 N–H and O–H groups in total. The predicted octanol–water partition coefficient (Wildman–Crippen LogP) is 3.52. The lowest BCUT2D eigenvalue weighted by Gasteiger charge is -2.37. The lowest BCUT2D eigenvalue weighted by atomic mass is 10.0. The summed E-state index contributed by atoms with van der Waals surface area (Å²) in [6.45, 7) is 8.37. The molecule has 0 bridgehead atoms. The van der Waals surface area contributed by atoms with Crippen molar-refractivity contribution >= 4 is 6.09 Å². The third-order valence-electron chi connectivity index (χ3n) is 4.25. The summed E-state index contributed by atoms with van der Waals surface area (Å²) in [7, 11) is 0. The molecular formula is C18H28N2O2. The Hall–Kier alpha value is -1.55. The highest BCUT2D eigenvalue weighted by Gasteiger charge is 2.27. The molecule has 1 aromatic carbocycles. The number of piperidine rings is 1. The minimum absolute atomic E-state index is 0.147. The van der Waals surface area contributed by atoms with Gasteiger partial charge in [0, 0.05) is 32.2 Å². The molecule has 0 unspecified atom stereocenters. The van der Waals surface area contributed by atoms with Crippen LogP contribution >= 0.6 is 0 Å². The van der Waals surface area contributed by atoms with Gasteiger partial charge in [0.1, 0.15) is 0 Å². The highest BCUT2D eigenvalue weighted by molar-refractivity contribution is 5.68. The Kier molecular flexibility index (Phi) is 6.72. The number of rotatable bonds is 6. The molecule has 1 fully saturated rings. The molecule has 122 valence electrons. The third-order valence-corrected chi connectivity index (χ3v) is 4.25. The molecule has 22 heavy (non-hydrogen) atoms. The van der Waals surface area contributed by atoms with Crippen molar-refractivity contribution in [1.82, 2.24) is 9.80 Å². The summed E-state index contributed by atoms with van der Waals surface area (Å²) in [4.78, 5) is 16.5. The van der Waals surface area contributed by atoms with E-state index >= 15 is 0 Å². The Morgan fingerprint density at radius 3 is 2.50 bits per heavy atom. The van der Waals surface area contributed by atoms with Crippen molar-refractivity contribution in [3.63, 3.8) is 0 Å². The Morgan fingerprint density at radius 1 is 1.23 bits per heavy atom. The quantitative estimate of drug-likeness (QED) is 0.806. The van der Waals surface area contributed by atoms with Crippen LogP contribution in [0, 0.1) is 0 Å². The smallest absolute Gasteiger partial charge is 0.409 e. The number of nitrogens with zero attached hydrogens (tertiary/aromatic N) is 2. The maximum atomic E-state index is 12.1. The fraction of sp³-hybridized carbons (Fsp3) is 0.611. The van der Waals surface area contributed by atoms with E-state index in [0.29, 0.717) is 12.6 Å². The average Bonchev–Trinajstić information content (AvgIpc) is 2.56. The van der Waals surface area contributed by atoms with Gasteiger partial charge in [-0.2, -0.15) is 0 Å². The van der Waals surface area contributed by atoms with Gasteiger partial charge in [0.05, 0.1) is 6.61 Å². The van der Waals surface area contributed by atoms with Crippen molar-refractivity contribution in [2.24, 2.45) is 0 Å². The molecule has 0 spiro atoms. The molecule has 0 aliphatic carbocycles. The van der Waals surface area contributed by atoms with E-state index in [1.807, 2.05) is 18.7 Å². The first-order chi connectivity index (χ1) is 10.7. The number of likely N-dealkylation sites (tertiary alicyclic amines) is 1. The first kappa shape index (κ1) is 16.8. The van der Waals surface area contributed by atoms with Gasteiger partial charge in [-0.15, -0.1) is 0 Å². The van der Waals surface area contributed by atoms with Gasteiger partial charge >= 0.3 is 6.09 Å². The summed E-state index contributed by atoms with van der Waals surface area (Å²) in [6, 6.07) is 10.9. The molecule has 4 nitrogen and oxygen atoms in total. The number of hydrogen-bond donors (Lipinski definition) is 0. The topological polar surface area (TPSA) is 32.8 Å². The van der Waals surface area contributed by atoms with Crippen LogP contribution in [0.1, 0.15) is 38.7 Å². The molecule has 1 saturated heterocycles. The molecule has 0 radical (unpaired) electrons. The summed E-state index contributed by atoms with van der Waals surface area (Å²) in [6.07, 6.45) is 2.79. The zero-order valence-corrected chi connectivity index (χ0v) is 13.8. The van der Waals surface area contributed by atoms with Crippen molar-refractivity contribution in [3.05, 3.63) is 35.9 Å². The SMILES string of the molecule is CCCOC(=O)N(CC)C1CCN(Cc2ccccc2)CC1. The second-order valence-electron chi connectivity index (χ2n) is 5.89. The summed E-state index contributed by atoms with van der Waals surface area (Å²) in [5, 5.41) is 0. The first-order valence-corrected chi connectivity index (χ1v) is 8.44. The van der Waals surface area contributed by atoms with E-state index in [4.69, 9.17) is 4.74 Å². The summed E-state index contributed by atoms with van der Waals surface area (Å²) in [5.74, 6) is 0. The van der Waals surface area contributed by atoms with Gasteiger partial charge in [-0.3, -0.25) is 4.90 Å². The molecule has 1 aromatic rings. The molecular weight excluding hydrogens is 276 g/mol. The Labute approximate surface area is 134 Å². The van der Waals surface area contributed by atoms with E-state index in [-0.39, 0.29) is 6.09 Å². The minimum atomic E-state index is -0.147. The third kappa shape index (κ3) is 4.73. The normalized spacial score (nSPS) is 16.5. The predicted molar refractivity (Wildman–Crippen MR) is 88.8 cm³/mol. The summed E-state index contributed by atoms with van der Waals surface area (Å²) in [5.41, 5.74) is 1.36. The van der Waals surface area contributed by atoms with E-state index in [1.54, 1.807) is 0 Å². The monoisotopic (exact) mass is 304 g/mol. The maximum absolute atomic E-state index is 12.1. The summed E-state index contributed by atoms with van der Waals surface area (Å²) < 4.78 is 5.29. The van der Waals surface area contributed by atoms with E-state index in [0.717, 1.165) is 45.4 Å². The molecule has 1 aliphatic rings. The van der Waals surface area contributed by atoms with Gasteiger partial charge in [0.15, 0.2) is 0 Å². The number of benzene rings is 1. The number of carbonyl (C=O) groups excluding carboxylic acids is 1. The Bertz CT molecular complexity index is 442. The van der Waals surface area contributed by atoms with Gasteiger partial charge in [-0.25, -0.2) is 4.79 Å². The highest BCUT2D eigenvalue weighted by atomic mass is 16.6. The van der Waals surface area contributed by atoms with Crippen LogP contribution in [0.5, 0.6) is 0 Å². The molecule has 2 rings (SSSR count). The van der Waals surface area contributed by atoms with Crippen molar-refractivity contribution in [3.8, 4) is 0 Å². The first-order valence-electron chi connectivity index (χ1n) is 8.44. The van der Waals surface area contributed by atoms with Gasteiger partial charge < -0.3 is 9.64 Å². The van der Waals surface area contributed by atoms with Gasteiger partial charge in [-0.05, 0) is 31.7 Å². The molecule has 0 saturated carbocycles. The minimum Gasteiger partial charge on any atom is -0.449 e. The van der Waals surface area contributed by atoms with Gasteiger partial charge in [0.2, 0.25) is 0 Å². The van der Waals surface area contributed by atoms with Crippen LogP contribution in [0.2, 0.25) is 0 Å². The maximum Gasteiger partial charge on any atom is 0.409 e. The number of hydrogen-bond acceptors (Lipinski definition) is 3. The number of carbonyl (C=O) groups is 1. The van der Waals surface area contributed by atoms with E-state index in [2.05, 4.69) is 35.2 Å². The van der Waals surface area contributed by atoms with Crippen LogP contribution in [-0.4, -0.2) is 48.2 Å². The Morgan fingerprint density at radius 2 is 1.91 bits per heavy atom. The van der Waals surface area contributed by atoms with Crippen molar-refractivity contribution in [2.75, 3.05) is 26.2 Å². The zero-order valence-electron chi connectivity index (χ0n) is 13.8. The zero-order chi connectivity index (χ0) is 15.8. The Balaban J connectivity index is 1.81. The van der Waals surface area contributed by atoms with E-state index in [9.17, 15) is 4.79 Å². The van der Waals surface area contributed by atoms with Crippen molar-refractivity contribution < 1.29 is 9.53 Å². The lowest BCUT2D eigenvalue weighted by Crippen LogP contribution is -2.47. The molecule has 0 atom stereocenters. The largest absolute Gasteiger partial charge is 0.449 e. The van der Waals surface area contributed by atoms with Crippen molar-refractivity contribution in [2.45, 2.75) is 45.7 Å². The van der Waals surface area contributed by atoms with Crippen LogP contribution in [0.15, 0.2) is 30.3 Å².